The summed E-state index contributed by atoms with van der Waals surface area (Å²) in [5, 5.41) is 0. The molecule has 0 radical (unpaired) electrons. The monoisotopic (exact) mass is 244 g/mol. The summed E-state index contributed by atoms with van der Waals surface area (Å²) in [6.07, 6.45) is 0. The Balaban J connectivity index is 2.12. The van der Waals surface area contributed by atoms with Crippen LogP contribution in [0.2, 0.25) is 0 Å². The van der Waals surface area contributed by atoms with Crippen molar-refractivity contribution in [3.8, 4) is 17.2 Å². The number of hydrogen-bond donors (Lipinski definition) is 0. The van der Waals surface area contributed by atoms with E-state index in [1.54, 1.807) is 14.2 Å². The van der Waals surface area contributed by atoms with E-state index in [2.05, 4.69) is 0 Å². The largest absolute Gasteiger partial charge is 0.497 e. The summed E-state index contributed by atoms with van der Waals surface area (Å²) in [6.45, 7) is 0.504. The van der Waals surface area contributed by atoms with Crippen LogP contribution in [0.1, 0.15) is 5.56 Å². The standard InChI is InChI=1S/C15H16O3/c1-16-13-8-9-14(17-2)15(10-13)18-11-12-6-4-3-5-7-12/h3-10H,11H2,1-2H3. The van der Waals surface area contributed by atoms with E-state index >= 15 is 0 Å². The molecule has 18 heavy (non-hydrogen) atoms. The molecule has 2 aromatic rings. The summed E-state index contributed by atoms with van der Waals surface area (Å²) in [5.41, 5.74) is 1.11. The van der Waals surface area contributed by atoms with Gasteiger partial charge >= 0.3 is 0 Å². The molecule has 0 saturated heterocycles. The number of methoxy groups -OCH3 is 2. The van der Waals surface area contributed by atoms with Crippen molar-refractivity contribution in [1.29, 1.82) is 0 Å². The predicted molar refractivity (Wildman–Crippen MR) is 70.3 cm³/mol. The zero-order valence-electron chi connectivity index (χ0n) is 10.6. The molecule has 0 spiro atoms. The molecular formula is C15H16O3. The molecule has 0 bridgehead atoms. The molecule has 2 rings (SSSR count). The van der Waals surface area contributed by atoms with Gasteiger partial charge in [-0.1, -0.05) is 30.3 Å². The molecule has 0 aliphatic carbocycles. The van der Waals surface area contributed by atoms with Crippen molar-refractivity contribution < 1.29 is 14.2 Å². The van der Waals surface area contributed by atoms with Crippen molar-refractivity contribution in [3.05, 3.63) is 54.1 Å². The van der Waals surface area contributed by atoms with Gasteiger partial charge in [-0.2, -0.15) is 0 Å². The minimum Gasteiger partial charge on any atom is -0.497 e. The van der Waals surface area contributed by atoms with E-state index in [9.17, 15) is 0 Å². The molecule has 0 amide bonds. The first kappa shape index (κ1) is 12.3. The first-order valence-corrected chi connectivity index (χ1v) is 5.72. The van der Waals surface area contributed by atoms with E-state index in [1.165, 1.54) is 0 Å². The molecule has 0 N–H and O–H groups in total. The fourth-order valence-corrected chi connectivity index (χ4v) is 1.63. The van der Waals surface area contributed by atoms with Gasteiger partial charge in [-0.25, -0.2) is 0 Å². The molecule has 0 aromatic heterocycles. The second-order valence-corrected chi connectivity index (χ2v) is 3.79. The minimum absolute atomic E-state index is 0.504. The molecule has 0 aliphatic rings. The summed E-state index contributed by atoms with van der Waals surface area (Å²) < 4.78 is 16.2. The van der Waals surface area contributed by atoms with Crippen LogP contribution >= 0.6 is 0 Å². The van der Waals surface area contributed by atoms with Gasteiger partial charge in [0.25, 0.3) is 0 Å². The van der Waals surface area contributed by atoms with Crippen LogP contribution in [0.25, 0.3) is 0 Å². The fraction of sp³-hybridized carbons (Fsp3) is 0.200. The van der Waals surface area contributed by atoms with Gasteiger partial charge in [0, 0.05) is 6.07 Å². The molecule has 0 saturated carbocycles. The Morgan fingerprint density at radius 1 is 0.833 bits per heavy atom. The topological polar surface area (TPSA) is 27.7 Å². The van der Waals surface area contributed by atoms with Gasteiger partial charge in [0.1, 0.15) is 12.4 Å². The maximum Gasteiger partial charge on any atom is 0.165 e. The molecular weight excluding hydrogens is 228 g/mol. The lowest BCUT2D eigenvalue weighted by atomic mass is 10.2. The van der Waals surface area contributed by atoms with E-state index in [0.29, 0.717) is 18.1 Å². The predicted octanol–water partition coefficient (Wildman–Crippen LogP) is 3.28. The van der Waals surface area contributed by atoms with Crippen molar-refractivity contribution in [2.75, 3.05) is 14.2 Å². The van der Waals surface area contributed by atoms with Gasteiger partial charge in [-0.05, 0) is 17.7 Å². The Bertz CT molecular complexity index is 494. The maximum absolute atomic E-state index is 5.75. The smallest absolute Gasteiger partial charge is 0.165 e. The molecule has 94 valence electrons. The normalized spacial score (nSPS) is 9.89. The van der Waals surface area contributed by atoms with Crippen LogP contribution in [-0.4, -0.2) is 14.2 Å². The lowest BCUT2D eigenvalue weighted by molar-refractivity contribution is 0.282. The van der Waals surface area contributed by atoms with E-state index in [4.69, 9.17) is 14.2 Å². The molecule has 2 aromatic carbocycles. The highest BCUT2D eigenvalue weighted by molar-refractivity contribution is 5.45. The van der Waals surface area contributed by atoms with E-state index in [1.807, 2.05) is 48.5 Å². The molecule has 0 atom stereocenters. The van der Waals surface area contributed by atoms with Crippen molar-refractivity contribution in [2.24, 2.45) is 0 Å². The Morgan fingerprint density at radius 2 is 1.61 bits per heavy atom. The van der Waals surface area contributed by atoms with Crippen LogP contribution in [0, 0.1) is 0 Å². The third-order valence-electron chi connectivity index (χ3n) is 2.61. The minimum atomic E-state index is 0.504. The van der Waals surface area contributed by atoms with Crippen molar-refractivity contribution in [3.63, 3.8) is 0 Å². The van der Waals surface area contributed by atoms with Crippen LogP contribution in [-0.2, 0) is 6.61 Å². The van der Waals surface area contributed by atoms with Gasteiger partial charge in [0.15, 0.2) is 11.5 Å². The first-order valence-electron chi connectivity index (χ1n) is 5.72. The van der Waals surface area contributed by atoms with Crippen LogP contribution in [0.5, 0.6) is 17.2 Å². The van der Waals surface area contributed by atoms with Gasteiger partial charge in [-0.3, -0.25) is 0 Å². The highest BCUT2D eigenvalue weighted by Crippen LogP contribution is 2.31. The number of rotatable bonds is 5. The zero-order valence-corrected chi connectivity index (χ0v) is 10.6. The Labute approximate surface area is 107 Å². The Kier molecular flexibility index (Phi) is 4.07. The summed E-state index contributed by atoms with van der Waals surface area (Å²) in [4.78, 5) is 0. The van der Waals surface area contributed by atoms with Crippen molar-refractivity contribution in [1.82, 2.24) is 0 Å². The van der Waals surface area contributed by atoms with Crippen molar-refractivity contribution >= 4 is 0 Å². The maximum atomic E-state index is 5.75. The molecule has 3 nitrogen and oxygen atoms in total. The Hall–Kier alpha value is -2.16. The summed E-state index contributed by atoms with van der Waals surface area (Å²) in [5.74, 6) is 2.13. The van der Waals surface area contributed by atoms with E-state index in [-0.39, 0.29) is 0 Å². The third-order valence-corrected chi connectivity index (χ3v) is 2.61. The summed E-state index contributed by atoms with van der Waals surface area (Å²) in [7, 11) is 3.25. The lowest BCUT2D eigenvalue weighted by Crippen LogP contribution is -1.98. The number of ether oxygens (including phenoxy) is 3. The molecule has 0 heterocycles. The highest BCUT2D eigenvalue weighted by Gasteiger charge is 2.06. The van der Waals surface area contributed by atoms with Crippen LogP contribution in [0.4, 0.5) is 0 Å². The summed E-state index contributed by atoms with van der Waals surface area (Å²) in [6, 6.07) is 15.5. The van der Waals surface area contributed by atoms with E-state index < -0.39 is 0 Å². The van der Waals surface area contributed by atoms with Crippen LogP contribution in [0.15, 0.2) is 48.5 Å². The molecule has 3 heteroatoms. The highest BCUT2D eigenvalue weighted by atomic mass is 16.5. The second kappa shape index (κ2) is 5.96. The summed E-state index contributed by atoms with van der Waals surface area (Å²) >= 11 is 0. The van der Waals surface area contributed by atoms with Gasteiger partial charge < -0.3 is 14.2 Å². The molecule has 0 unspecified atom stereocenters. The average Bonchev–Trinajstić information content (AvgIpc) is 2.45. The molecule has 0 fully saturated rings. The second-order valence-electron chi connectivity index (χ2n) is 3.79. The number of hydrogen-bond acceptors (Lipinski definition) is 3. The average molecular weight is 244 g/mol. The fourth-order valence-electron chi connectivity index (χ4n) is 1.63. The quantitative estimate of drug-likeness (QED) is 0.807. The third kappa shape index (κ3) is 2.94. The number of benzene rings is 2. The van der Waals surface area contributed by atoms with Crippen LogP contribution in [0.3, 0.4) is 0 Å². The molecule has 0 aliphatic heterocycles. The van der Waals surface area contributed by atoms with Gasteiger partial charge in [0.05, 0.1) is 14.2 Å². The van der Waals surface area contributed by atoms with Crippen molar-refractivity contribution in [2.45, 2.75) is 6.61 Å². The SMILES string of the molecule is COc1ccc(OC)c(OCc2ccccc2)c1. The zero-order chi connectivity index (χ0) is 12.8. The van der Waals surface area contributed by atoms with Gasteiger partial charge in [-0.15, -0.1) is 0 Å². The van der Waals surface area contributed by atoms with Gasteiger partial charge in [0.2, 0.25) is 0 Å². The lowest BCUT2D eigenvalue weighted by Gasteiger charge is -2.12. The van der Waals surface area contributed by atoms with Crippen LogP contribution < -0.4 is 14.2 Å². The first-order chi connectivity index (χ1) is 8.83. The van der Waals surface area contributed by atoms with E-state index in [0.717, 1.165) is 11.3 Å². The Morgan fingerprint density at radius 3 is 2.28 bits per heavy atom.